The number of carbonyl (C=O) groups excluding carboxylic acids is 1. The van der Waals surface area contributed by atoms with E-state index in [-0.39, 0.29) is 12.0 Å². The van der Waals surface area contributed by atoms with Crippen LogP contribution in [0.3, 0.4) is 0 Å². The minimum absolute atomic E-state index is 0.0889. The molecule has 1 aliphatic heterocycles. The average Bonchev–Trinajstić information content (AvgIpc) is 2.82. The third kappa shape index (κ3) is 6.02. The lowest BCUT2D eigenvalue weighted by Gasteiger charge is -2.17. The minimum Gasteiger partial charge on any atom is -0.491 e. The molecule has 1 amide bonds. The smallest absolute Gasteiger partial charge is 0.255 e. The van der Waals surface area contributed by atoms with Crippen LogP contribution in [0.25, 0.3) is 5.70 Å². The molecule has 0 fully saturated rings. The standard InChI is InChI=1S/C26H26N4O2S/c1-17(2)32-22-10-7-19(8-11-22)25(31)28-21-9-6-18(3)24(15-21)30-26-29-23(12-14-33-26)20-5-4-13-27-16-20/h4-13,15-17H,14H2,1-3H3,(H,28,31)(H,29,30). The fourth-order valence-corrected chi connectivity index (χ4v) is 4.00. The van der Waals surface area contributed by atoms with Crippen molar-refractivity contribution in [3.05, 3.63) is 89.8 Å². The Hall–Kier alpha value is -3.58. The number of carbonyl (C=O) groups is 1. The van der Waals surface area contributed by atoms with Gasteiger partial charge in [0.1, 0.15) is 5.75 Å². The molecule has 2 heterocycles. The molecule has 0 saturated carbocycles. The zero-order chi connectivity index (χ0) is 23.2. The van der Waals surface area contributed by atoms with Crippen LogP contribution in [0.2, 0.25) is 0 Å². The van der Waals surface area contributed by atoms with Crippen molar-refractivity contribution in [1.29, 1.82) is 0 Å². The van der Waals surface area contributed by atoms with E-state index in [0.717, 1.165) is 39.2 Å². The molecule has 0 saturated heterocycles. The lowest BCUT2D eigenvalue weighted by atomic mass is 10.1. The quantitative estimate of drug-likeness (QED) is 0.475. The highest BCUT2D eigenvalue weighted by atomic mass is 32.2. The van der Waals surface area contributed by atoms with Gasteiger partial charge in [0.2, 0.25) is 0 Å². The number of amides is 1. The van der Waals surface area contributed by atoms with E-state index in [1.54, 1.807) is 30.1 Å². The fourth-order valence-electron chi connectivity index (χ4n) is 3.26. The first-order chi connectivity index (χ1) is 16.0. The van der Waals surface area contributed by atoms with Gasteiger partial charge in [0.15, 0.2) is 5.17 Å². The second kappa shape index (κ2) is 10.4. The van der Waals surface area contributed by atoms with Gasteiger partial charge in [-0.2, -0.15) is 0 Å². The zero-order valence-corrected chi connectivity index (χ0v) is 19.6. The molecule has 168 valence electrons. The number of benzene rings is 2. The van der Waals surface area contributed by atoms with Crippen molar-refractivity contribution < 1.29 is 9.53 Å². The van der Waals surface area contributed by atoms with Crippen molar-refractivity contribution in [2.75, 3.05) is 16.4 Å². The third-order valence-corrected chi connectivity index (χ3v) is 5.70. The predicted molar refractivity (Wildman–Crippen MR) is 137 cm³/mol. The Morgan fingerprint density at radius 3 is 2.67 bits per heavy atom. The van der Waals surface area contributed by atoms with Crippen LogP contribution in [-0.2, 0) is 0 Å². The van der Waals surface area contributed by atoms with Crippen LogP contribution in [-0.4, -0.2) is 27.9 Å². The molecule has 2 aromatic carbocycles. The van der Waals surface area contributed by atoms with E-state index in [2.05, 4.69) is 21.7 Å². The summed E-state index contributed by atoms with van der Waals surface area (Å²) in [5, 5.41) is 7.19. The third-order valence-electron chi connectivity index (χ3n) is 4.90. The molecule has 0 radical (unpaired) electrons. The summed E-state index contributed by atoms with van der Waals surface area (Å²) in [6.45, 7) is 5.96. The molecule has 1 aliphatic rings. The van der Waals surface area contributed by atoms with Gasteiger partial charge in [0, 0.05) is 40.6 Å². The highest BCUT2D eigenvalue weighted by Gasteiger charge is 2.13. The predicted octanol–water partition coefficient (Wildman–Crippen LogP) is 5.99. The minimum atomic E-state index is -0.174. The highest BCUT2D eigenvalue weighted by molar-refractivity contribution is 8.14. The molecule has 0 spiro atoms. The fraction of sp³-hybridized carbons (Fsp3) is 0.192. The van der Waals surface area contributed by atoms with Crippen LogP contribution in [0.5, 0.6) is 5.75 Å². The second-order valence-corrected chi connectivity index (χ2v) is 8.87. The number of hydrogen-bond donors (Lipinski definition) is 2. The van der Waals surface area contributed by atoms with Crippen molar-refractivity contribution >= 4 is 39.9 Å². The van der Waals surface area contributed by atoms with E-state index in [1.807, 2.05) is 69.4 Å². The summed E-state index contributed by atoms with van der Waals surface area (Å²) in [4.78, 5) is 21.6. The van der Waals surface area contributed by atoms with Gasteiger partial charge >= 0.3 is 0 Å². The first kappa shape index (κ1) is 22.6. The number of nitrogens with zero attached hydrogens (tertiary/aromatic N) is 2. The van der Waals surface area contributed by atoms with E-state index in [4.69, 9.17) is 9.73 Å². The number of anilines is 2. The summed E-state index contributed by atoms with van der Waals surface area (Å²) in [5.74, 6) is 1.39. The first-order valence-electron chi connectivity index (χ1n) is 10.8. The van der Waals surface area contributed by atoms with E-state index in [9.17, 15) is 4.79 Å². The molecule has 0 bridgehead atoms. The lowest BCUT2D eigenvalue weighted by molar-refractivity contribution is 0.102. The maximum absolute atomic E-state index is 12.7. The molecule has 7 heteroatoms. The largest absolute Gasteiger partial charge is 0.491 e. The number of thioether (sulfide) groups is 1. The number of aliphatic imine (C=N–C) groups is 1. The molecule has 3 aromatic rings. The van der Waals surface area contributed by atoms with E-state index < -0.39 is 0 Å². The number of rotatable bonds is 6. The zero-order valence-electron chi connectivity index (χ0n) is 18.8. The van der Waals surface area contributed by atoms with E-state index in [0.29, 0.717) is 11.3 Å². The monoisotopic (exact) mass is 458 g/mol. The summed E-state index contributed by atoms with van der Waals surface area (Å²) in [6, 6.07) is 16.8. The molecular weight excluding hydrogens is 432 g/mol. The first-order valence-corrected chi connectivity index (χ1v) is 11.7. The van der Waals surface area contributed by atoms with E-state index >= 15 is 0 Å². The number of hydrogen-bond acceptors (Lipinski definition) is 6. The summed E-state index contributed by atoms with van der Waals surface area (Å²) >= 11 is 1.63. The molecule has 33 heavy (non-hydrogen) atoms. The van der Waals surface area contributed by atoms with Gasteiger partial charge in [-0.3, -0.25) is 9.78 Å². The number of pyridine rings is 1. The number of aryl methyl sites for hydroxylation is 1. The van der Waals surface area contributed by atoms with Crippen molar-refractivity contribution in [3.63, 3.8) is 0 Å². The second-order valence-electron chi connectivity index (χ2n) is 7.86. The summed E-state index contributed by atoms with van der Waals surface area (Å²) in [7, 11) is 0. The summed E-state index contributed by atoms with van der Waals surface area (Å²) in [5.41, 5.74) is 5.12. The maximum Gasteiger partial charge on any atom is 0.255 e. The normalized spacial score (nSPS) is 13.2. The van der Waals surface area contributed by atoms with Crippen LogP contribution < -0.4 is 15.4 Å². The number of amidine groups is 1. The Balaban J connectivity index is 1.46. The molecule has 1 aromatic heterocycles. The molecule has 0 atom stereocenters. The number of ether oxygens (including phenoxy) is 1. The van der Waals surface area contributed by atoms with Gasteiger partial charge in [-0.25, -0.2) is 4.99 Å². The van der Waals surface area contributed by atoms with E-state index in [1.165, 1.54) is 0 Å². The Bertz CT molecular complexity index is 1190. The van der Waals surface area contributed by atoms with Crippen LogP contribution in [0.15, 0.2) is 78.1 Å². The van der Waals surface area contributed by atoms with Gasteiger partial charge in [-0.15, -0.1) is 0 Å². The Labute approximate surface area is 198 Å². The Morgan fingerprint density at radius 1 is 1.12 bits per heavy atom. The molecule has 6 nitrogen and oxygen atoms in total. The molecule has 4 rings (SSSR count). The van der Waals surface area contributed by atoms with Crippen molar-refractivity contribution in [1.82, 2.24) is 4.98 Å². The van der Waals surface area contributed by atoms with Crippen LogP contribution in [0, 0.1) is 6.92 Å². The van der Waals surface area contributed by atoms with Crippen LogP contribution >= 0.6 is 11.8 Å². The molecule has 0 unspecified atom stereocenters. The van der Waals surface area contributed by atoms with Crippen molar-refractivity contribution in [2.24, 2.45) is 4.99 Å². The van der Waals surface area contributed by atoms with Gasteiger partial charge in [0.25, 0.3) is 5.91 Å². The van der Waals surface area contributed by atoms with Gasteiger partial charge in [-0.1, -0.05) is 17.8 Å². The van der Waals surface area contributed by atoms with Crippen LogP contribution in [0.4, 0.5) is 11.4 Å². The topological polar surface area (TPSA) is 75.6 Å². The summed E-state index contributed by atoms with van der Waals surface area (Å²) < 4.78 is 5.64. The number of nitrogens with one attached hydrogen (secondary N) is 2. The Kier molecular flexibility index (Phi) is 7.10. The SMILES string of the molecule is Cc1ccc(NC(=O)c2ccc(OC(C)C)cc2)cc1NC1=NC(c2cccnc2)=CCS1. The summed E-state index contributed by atoms with van der Waals surface area (Å²) in [6.07, 6.45) is 5.74. The van der Waals surface area contributed by atoms with Gasteiger partial charge < -0.3 is 15.4 Å². The molecular formula is C26H26N4O2S. The van der Waals surface area contributed by atoms with Gasteiger partial charge in [0.05, 0.1) is 11.8 Å². The molecule has 0 aliphatic carbocycles. The van der Waals surface area contributed by atoms with Crippen molar-refractivity contribution in [3.8, 4) is 5.75 Å². The average molecular weight is 459 g/mol. The lowest BCUT2D eigenvalue weighted by Crippen LogP contribution is -2.14. The highest BCUT2D eigenvalue weighted by Crippen LogP contribution is 2.27. The maximum atomic E-state index is 12.7. The van der Waals surface area contributed by atoms with Gasteiger partial charge in [-0.05, 0) is 80.9 Å². The van der Waals surface area contributed by atoms with Crippen LogP contribution in [0.1, 0.15) is 35.3 Å². The molecule has 2 N–H and O–H groups in total. The number of aromatic nitrogens is 1. The van der Waals surface area contributed by atoms with Crippen molar-refractivity contribution in [2.45, 2.75) is 26.9 Å². The Morgan fingerprint density at radius 2 is 1.94 bits per heavy atom.